The van der Waals surface area contributed by atoms with Crippen LogP contribution in [0.3, 0.4) is 0 Å². The van der Waals surface area contributed by atoms with E-state index < -0.39 is 0 Å². The van der Waals surface area contributed by atoms with Crippen molar-refractivity contribution in [2.45, 2.75) is 13.1 Å². The molecular formula is C11H14N6O. The summed E-state index contributed by atoms with van der Waals surface area (Å²) in [6, 6.07) is 5.69. The Bertz CT molecular complexity index is 509. The molecule has 0 saturated carbocycles. The molecule has 0 radical (unpaired) electrons. The minimum absolute atomic E-state index is 0.0257. The third-order valence-electron chi connectivity index (χ3n) is 2.29. The third kappa shape index (κ3) is 3.36. The van der Waals surface area contributed by atoms with Gasteiger partial charge in [0.2, 0.25) is 5.91 Å². The Hall–Kier alpha value is -2.28. The van der Waals surface area contributed by atoms with Gasteiger partial charge in [0.05, 0.1) is 31.5 Å². The molecule has 2 aromatic rings. The van der Waals surface area contributed by atoms with Crippen LogP contribution in [0.2, 0.25) is 0 Å². The number of amides is 1. The summed E-state index contributed by atoms with van der Waals surface area (Å²) in [5.41, 5.74) is 6.77. The summed E-state index contributed by atoms with van der Waals surface area (Å²) < 4.78 is 1.67. The van der Waals surface area contributed by atoms with Gasteiger partial charge in [0.15, 0.2) is 0 Å². The van der Waals surface area contributed by atoms with E-state index in [0.29, 0.717) is 18.8 Å². The molecule has 0 bridgehead atoms. The zero-order valence-electron chi connectivity index (χ0n) is 9.78. The van der Waals surface area contributed by atoms with Gasteiger partial charge >= 0.3 is 0 Å². The molecule has 0 aromatic carbocycles. The van der Waals surface area contributed by atoms with Gasteiger partial charge in [0.25, 0.3) is 0 Å². The van der Waals surface area contributed by atoms with Gasteiger partial charge in [-0.2, -0.15) is 0 Å². The van der Waals surface area contributed by atoms with E-state index in [4.69, 9.17) is 5.73 Å². The summed E-state index contributed by atoms with van der Waals surface area (Å²) in [7, 11) is 0. The predicted molar refractivity (Wildman–Crippen MR) is 64.3 cm³/mol. The Morgan fingerprint density at radius 1 is 1.39 bits per heavy atom. The average molecular weight is 246 g/mol. The topological polar surface area (TPSA) is 98.7 Å². The van der Waals surface area contributed by atoms with Crippen molar-refractivity contribution in [1.82, 2.24) is 25.3 Å². The van der Waals surface area contributed by atoms with Crippen LogP contribution in [-0.4, -0.2) is 32.4 Å². The van der Waals surface area contributed by atoms with Crippen molar-refractivity contribution in [3.8, 4) is 0 Å². The monoisotopic (exact) mass is 246 g/mol. The Kier molecular flexibility index (Phi) is 3.98. The normalized spacial score (nSPS) is 10.3. The van der Waals surface area contributed by atoms with Gasteiger partial charge in [-0.3, -0.25) is 9.78 Å². The van der Waals surface area contributed by atoms with Crippen molar-refractivity contribution >= 4 is 5.91 Å². The molecule has 0 aliphatic heterocycles. The maximum atomic E-state index is 11.0. The average Bonchev–Trinajstić information content (AvgIpc) is 2.85. The van der Waals surface area contributed by atoms with Crippen molar-refractivity contribution in [3.63, 3.8) is 0 Å². The summed E-state index contributed by atoms with van der Waals surface area (Å²) >= 11 is 0. The van der Waals surface area contributed by atoms with Gasteiger partial charge in [0.1, 0.15) is 5.69 Å². The molecule has 0 saturated heterocycles. The Labute approximate surface area is 104 Å². The van der Waals surface area contributed by atoms with E-state index >= 15 is 0 Å². The standard InChI is InChI=1S/C11H14N6O/c12-5-11(18)14-6-10-8-17(16-15-10)7-9-3-1-2-4-13-9/h1-4,8H,5-7,12H2,(H,14,18). The van der Waals surface area contributed by atoms with Crippen LogP contribution in [0.5, 0.6) is 0 Å². The van der Waals surface area contributed by atoms with Gasteiger partial charge in [-0.1, -0.05) is 11.3 Å². The smallest absolute Gasteiger partial charge is 0.234 e. The van der Waals surface area contributed by atoms with Crippen LogP contribution in [-0.2, 0) is 17.9 Å². The summed E-state index contributed by atoms with van der Waals surface area (Å²) in [4.78, 5) is 15.2. The lowest BCUT2D eigenvalue weighted by molar-refractivity contribution is -0.119. The minimum Gasteiger partial charge on any atom is -0.349 e. The molecule has 7 heteroatoms. The molecule has 18 heavy (non-hydrogen) atoms. The first-order chi connectivity index (χ1) is 8.78. The number of pyridine rings is 1. The molecule has 0 atom stereocenters. The second-order valence-corrected chi connectivity index (χ2v) is 3.71. The van der Waals surface area contributed by atoms with E-state index in [-0.39, 0.29) is 12.5 Å². The van der Waals surface area contributed by atoms with Crippen LogP contribution < -0.4 is 11.1 Å². The first-order valence-electron chi connectivity index (χ1n) is 5.53. The highest BCUT2D eigenvalue weighted by Gasteiger charge is 2.03. The van der Waals surface area contributed by atoms with Crippen LogP contribution in [0.4, 0.5) is 0 Å². The van der Waals surface area contributed by atoms with Crippen molar-refractivity contribution in [2.75, 3.05) is 6.54 Å². The molecule has 0 fully saturated rings. The van der Waals surface area contributed by atoms with E-state index in [1.807, 2.05) is 18.2 Å². The number of nitrogens with one attached hydrogen (secondary N) is 1. The number of nitrogens with zero attached hydrogens (tertiary/aromatic N) is 4. The fourth-order valence-corrected chi connectivity index (χ4v) is 1.42. The highest BCUT2D eigenvalue weighted by molar-refractivity contribution is 5.77. The highest BCUT2D eigenvalue weighted by atomic mass is 16.1. The quantitative estimate of drug-likeness (QED) is 0.726. The Morgan fingerprint density at radius 3 is 3.00 bits per heavy atom. The minimum atomic E-state index is -0.214. The van der Waals surface area contributed by atoms with Crippen LogP contribution in [0.15, 0.2) is 30.6 Å². The fraction of sp³-hybridized carbons (Fsp3) is 0.273. The molecule has 0 spiro atoms. The summed E-state index contributed by atoms with van der Waals surface area (Å²) in [5, 5.41) is 10.5. The summed E-state index contributed by atoms with van der Waals surface area (Å²) in [5.74, 6) is -0.214. The first-order valence-corrected chi connectivity index (χ1v) is 5.53. The van der Waals surface area contributed by atoms with Gasteiger partial charge < -0.3 is 11.1 Å². The number of aromatic nitrogens is 4. The lowest BCUT2D eigenvalue weighted by Gasteiger charge is -1.99. The Balaban J connectivity index is 1.92. The Morgan fingerprint density at radius 2 is 2.28 bits per heavy atom. The molecule has 0 aliphatic rings. The van der Waals surface area contributed by atoms with Crippen LogP contribution in [0.1, 0.15) is 11.4 Å². The zero-order valence-corrected chi connectivity index (χ0v) is 9.78. The van der Waals surface area contributed by atoms with Gasteiger partial charge in [-0.25, -0.2) is 4.68 Å². The second-order valence-electron chi connectivity index (χ2n) is 3.71. The molecule has 0 aliphatic carbocycles. The lowest BCUT2D eigenvalue weighted by atomic mass is 10.3. The second kappa shape index (κ2) is 5.87. The molecule has 7 nitrogen and oxygen atoms in total. The van der Waals surface area contributed by atoms with Gasteiger partial charge in [-0.15, -0.1) is 5.10 Å². The molecule has 0 unspecified atom stereocenters. The van der Waals surface area contributed by atoms with E-state index in [0.717, 1.165) is 5.69 Å². The predicted octanol–water partition coefficient (Wildman–Crippen LogP) is -0.704. The van der Waals surface area contributed by atoms with E-state index in [1.165, 1.54) is 0 Å². The molecule has 3 N–H and O–H groups in total. The highest BCUT2D eigenvalue weighted by Crippen LogP contribution is 1.98. The molecule has 94 valence electrons. The van der Waals surface area contributed by atoms with E-state index in [1.54, 1.807) is 17.1 Å². The summed E-state index contributed by atoms with van der Waals surface area (Å²) in [6.07, 6.45) is 3.50. The van der Waals surface area contributed by atoms with E-state index in [9.17, 15) is 4.79 Å². The number of nitrogens with two attached hydrogens (primary N) is 1. The number of carbonyl (C=O) groups is 1. The zero-order chi connectivity index (χ0) is 12.8. The number of hydrogen-bond acceptors (Lipinski definition) is 5. The maximum Gasteiger partial charge on any atom is 0.234 e. The number of carbonyl (C=O) groups excluding carboxylic acids is 1. The summed E-state index contributed by atoms with van der Waals surface area (Å²) in [6.45, 7) is 0.860. The van der Waals surface area contributed by atoms with Gasteiger partial charge in [-0.05, 0) is 12.1 Å². The van der Waals surface area contributed by atoms with Crippen molar-refractivity contribution < 1.29 is 4.79 Å². The molecule has 2 heterocycles. The van der Waals surface area contributed by atoms with Crippen molar-refractivity contribution in [1.29, 1.82) is 0 Å². The number of hydrogen-bond donors (Lipinski definition) is 2. The lowest BCUT2D eigenvalue weighted by Crippen LogP contribution is -2.29. The fourth-order valence-electron chi connectivity index (χ4n) is 1.42. The van der Waals surface area contributed by atoms with Crippen LogP contribution in [0, 0.1) is 0 Å². The molecule has 2 rings (SSSR count). The largest absolute Gasteiger partial charge is 0.349 e. The van der Waals surface area contributed by atoms with Gasteiger partial charge in [0, 0.05) is 6.20 Å². The van der Waals surface area contributed by atoms with Crippen molar-refractivity contribution in [3.05, 3.63) is 42.0 Å². The molecule has 2 aromatic heterocycles. The molecular weight excluding hydrogens is 232 g/mol. The first kappa shape index (κ1) is 12.2. The van der Waals surface area contributed by atoms with Crippen LogP contribution >= 0.6 is 0 Å². The SMILES string of the molecule is NCC(=O)NCc1cn(Cc2ccccn2)nn1. The van der Waals surface area contributed by atoms with Crippen LogP contribution in [0.25, 0.3) is 0 Å². The van der Waals surface area contributed by atoms with E-state index in [2.05, 4.69) is 20.6 Å². The van der Waals surface area contributed by atoms with Crippen molar-refractivity contribution in [2.24, 2.45) is 5.73 Å². The maximum absolute atomic E-state index is 11.0. The third-order valence-corrected chi connectivity index (χ3v) is 2.29. The number of rotatable bonds is 5. The molecule has 1 amide bonds.